The summed E-state index contributed by atoms with van der Waals surface area (Å²) < 4.78 is 0.730. The minimum atomic E-state index is 0.451. The molecule has 0 atom stereocenters. The number of hydrogen-bond acceptors (Lipinski definition) is 3. The van der Waals surface area contributed by atoms with E-state index in [2.05, 4.69) is 37.0 Å². The Balaban J connectivity index is 2.07. The summed E-state index contributed by atoms with van der Waals surface area (Å²) in [6.45, 7) is 0. The number of fused-ring (bicyclic) bond motifs is 1. The van der Waals surface area contributed by atoms with Crippen LogP contribution >= 0.6 is 15.9 Å². The molecule has 1 N–H and O–H groups in total. The Kier molecular flexibility index (Phi) is 3.32. The van der Waals surface area contributed by atoms with E-state index in [-0.39, 0.29) is 0 Å². The standard InChI is InChI=1S/C15H9BrN4/c16-14-7-3-4-11(18-14)8-10(9-17)15-19-12-5-1-2-6-13(12)20-15/h1-8H,(H,19,20)/b10-8+. The van der Waals surface area contributed by atoms with E-state index in [0.717, 1.165) is 15.6 Å². The zero-order valence-corrected chi connectivity index (χ0v) is 11.9. The fraction of sp³-hybridized carbons (Fsp3) is 0. The third-order valence-electron chi connectivity index (χ3n) is 2.79. The largest absolute Gasteiger partial charge is 0.337 e. The Morgan fingerprint density at radius 2 is 2.00 bits per heavy atom. The highest BCUT2D eigenvalue weighted by Crippen LogP contribution is 2.19. The van der Waals surface area contributed by atoms with Crippen LogP contribution in [-0.4, -0.2) is 15.0 Å². The highest BCUT2D eigenvalue weighted by atomic mass is 79.9. The van der Waals surface area contributed by atoms with Gasteiger partial charge in [0.1, 0.15) is 16.5 Å². The van der Waals surface area contributed by atoms with Gasteiger partial charge in [0.05, 0.1) is 22.3 Å². The van der Waals surface area contributed by atoms with Crippen LogP contribution in [0.1, 0.15) is 11.5 Å². The molecule has 4 nitrogen and oxygen atoms in total. The molecule has 0 saturated heterocycles. The molecule has 1 aromatic carbocycles. The first kappa shape index (κ1) is 12.6. The summed E-state index contributed by atoms with van der Waals surface area (Å²) in [7, 11) is 0. The number of benzene rings is 1. The molecule has 0 fully saturated rings. The number of aromatic amines is 1. The van der Waals surface area contributed by atoms with E-state index in [1.165, 1.54) is 0 Å². The molecule has 0 unspecified atom stereocenters. The molecule has 0 spiro atoms. The van der Waals surface area contributed by atoms with E-state index >= 15 is 0 Å². The highest BCUT2D eigenvalue weighted by Gasteiger charge is 2.07. The molecule has 0 aliphatic carbocycles. The Bertz CT molecular complexity index is 809. The van der Waals surface area contributed by atoms with Crippen molar-refractivity contribution in [3.63, 3.8) is 0 Å². The number of nitriles is 1. The lowest BCUT2D eigenvalue weighted by atomic mass is 10.2. The van der Waals surface area contributed by atoms with Crippen molar-refractivity contribution in [2.24, 2.45) is 0 Å². The van der Waals surface area contributed by atoms with Crippen molar-refractivity contribution >= 4 is 38.6 Å². The van der Waals surface area contributed by atoms with Crippen LogP contribution in [-0.2, 0) is 0 Å². The van der Waals surface area contributed by atoms with Gasteiger partial charge in [-0.2, -0.15) is 5.26 Å². The second-order valence-electron chi connectivity index (χ2n) is 4.16. The van der Waals surface area contributed by atoms with Crippen molar-refractivity contribution in [3.8, 4) is 6.07 Å². The van der Waals surface area contributed by atoms with Gasteiger partial charge in [0.25, 0.3) is 0 Å². The second kappa shape index (κ2) is 5.27. The number of hydrogen-bond donors (Lipinski definition) is 1. The number of imidazole rings is 1. The molecular weight excluding hydrogens is 316 g/mol. The maximum atomic E-state index is 9.32. The molecule has 0 saturated carbocycles. The molecule has 0 amide bonds. The van der Waals surface area contributed by atoms with Gasteiger partial charge in [0.15, 0.2) is 0 Å². The quantitative estimate of drug-likeness (QED) is 0.576. The number of pyridine rings is 1. The minimum absolute atomic E-state index is 0.451. The molecule has 0 bridgehead atoms. The third kappa shape index (κ3) is 2.46. The maximum Gasteiger partial charge on any atom is 0.149 e. The second-order valence-corrected chi connectivity index (χ2v) is 4.97. The number of halogens is 1. The Morgan fingerprint density at radius 1 is 1.15 bits per heavy atom. The molecule has 3 aromatic rings. The number of rotatable bonds is 2. The van der Waals surface area contributed by atoms with Gasteiger partial charge in [-0.05, 0) is 46.3 Å². The van der Waals surface area contributed by atoms with Crippen molar-refractivity contribution in [2.45, 2.75) is 0 Å². The fourth-order valence-electron chi connectivity index (χ4n) is 1.89. The van der Waals surface area contributed by atoms with Gasteiger partial charge >= 0.3 is 0 Å². The van der Waals surface area contributed by atoms with Gasteiger partial charge in [-0.3, -0.25) is 0 Å². The minimum Gasteiger partial charge on any atom is -0.337 e. The summed E-state index contributed by atoms with van der Waals surface area (Å²) in [5.41, 5.74) is 2.90. The summed E-state index contributed by atoms with van der Waals surface area (Å²) in [6.07, 6.45) is 1.71. The van der Waals surface area contributed by atoms with Gasteiger partial charge in [-0.15, -0.1) is 0 Å². The van der Waals surface area contributed by atoms with E-state index in [4.69, 9.17) is 0 Å². The van der Waals surface area contributed by atoms with Gasteiger partial charge < -0.3 is 4.98 Å². The number of nitrogens with zero attached hydrogens (tertiary/aromatic N) is 3. The molecule has 0 radical (unpaired) electrons. The van der Waals surface area contributed by atoms with E-state index < -0.39 is 0 Å². The van der Waals surface area contributed by atoms with Crippen molar-refractivity contribution in [2.75, 3.05) is 0 Å². The van der Waals surface area contributed by atoms with Crippen LogP contribution < -0.4 is 0 Å². The van der Waals surface area contributed by atoms with Crippen molar-refractivity contribution in [3.05, 3.63) is 58.6 Å². The fourth-order valence-corrected chi connectivity index (χ4v) is 2.24. The van der Waals surface area contributed by atoms with Crippen LogP contribution in [0, 0.1) is 11.3 Å². The zero-order chi connectivity index (χ0) is 13.9. The Morgan fingerprint density at radius 3 is 2.75 bits per heavy atom. The lowest BCUT2D eigenvalue weighted by Crippen LogP contribution is -1.87. The molecule has 5 heteroatoms. The molecule has 2 aromatic heterocycles. The van der Waals surface area contributed by atoms with Crippen LogP contribution in [0.4, 0.5) is 0 Å². The van der Waals surface area contributed by atoms with Crippen LogP contribution in [0.25, 0.3) is 22.7 Å². The van der Waals surface area contributed by atoms with Crippen molar-refractivity contribution < 1.29 is 0 Å². The molecular formula is C15H9BrN4. The summed E-state index contributed by atoms with van der Waals surface area (Å²) >= 11 is 3.31. The number of allylic oxidation sites excluding steroid dienone is 1. The number of para-hydroxylation sites is 2. The Labute approximate surface area is 123 Å². The lowest BCUT2D eigenvalue weighted by Gasteiger charge is -1.96. The zero-order valence-electron chi connectivity index (χ0n) is 10.3. The number of aromatic nitrogens is 3. The van der Waals surface area contributed by atoms with Crippen LogP contribution in [0.15, 0.2) is 47.1 Å². The number of nitrogens with one attached hydrogen (secondary N) is 1. The molecule has 0 aliphatic rings. The van der Waals surface area contributed by atoms with Crippen LogP contribution in [0.5, 0.6) is 0 Å². The van der Waals surface area contributed by atoms with Gasteiger partial charge in [-0.25, -0.2) is 9.97 Å². The summed E-state index contributed by atoms with van der Waals surface area (Å²) in [6, 6.07) is 15.4. The summed E-state index contributed by atoms with van der Waals surface area (Å²) in [4.78, 5) is 11.8. The van der Waals surface area contributed by atoms with Gasteiger partial charge in [0.2, 0.25) is 0 Å². The first-order chi connectivity index (χ1) is 9.76. The third-order valence-corrected chi connectivity index (χ3v) is 3.24. The predicted molar refractivity (Wildman–Crippen MR) is 81.5 cm³/mol. The molecule has 20 heavy (non-hydrogen) atoms. The molecule has 2 heterocycles. The lowest BCUT2D eigenvalue weighted by molar-refractivity contribution is 1.24. The van der Waals surface area contributed by atoms with Gasteiger partial charge in [-0.1, -0.05) is 18.2 Å². The van der Waals surface area contributed by atoms with E-state index in [9.17, 15) is 5.26 Å². The number of H-pyrrole nitrogens is 1. The molecule has 0 aliphatic heterocycles. The monoisotopic (exact) mass is 324 g/mol. The van der Waals surface area contributed by atoms with Crippen molar-refractivity contribution in [1.82, 2.24) is 15.0 Å². The van der Waals surface area contributed by atoms with E-state index in [0.29, 0.717) is 17.1 Å². The summed E-state index contributed by atoms with van der Waals surface area (Å²) in [5, 5.41) is 9.32. The topological polar surface area (TPSA) is 65.4 Å². The van der Waals surface area contributed by atoms with Crippen LogP contribution in [0.2, 0.25) is 0 Å². The van der Waals surface area contributed by atoms with E-state index in [1.54, 1.807) is 6.08 Å². The van der Waals surface area contributed by atoms with Crippen molar-refractivity contribution in [1.29, 1.82) is 5.26 Å². The first-order valence-corrected chi connectivity index (χ1v) is 6.75. The van der Waals surface area contributed by atoms with Gasteiger partial charge in [0, 0.05) is 0 Å². The summed E-state index contributed by atoms with van der Waals surface area (Å²) in [5.74, 6) is 0.551. The highest BCUT2D eigenvalue weighted by molar-refractivity contribution is 9.10. The Hall–Kier alpha value is -2.45. The molecule has 3 rings (SSSR count). The normalized spacial score (nSPS) is 11.5. The molecule has 96 valence electrons. The average Bonchev–Trinajstić information content (AvgIpc) is 2.88. The predicted octanol–water partition coefficient (Wildman–Crippen LogP) is 3.78. The van der Waals surface area contributed by atoms with E-state index in [1.807, 2.05) is 42.5 Å². The van der Waals surface area contributed by atoms with Crippen LogP contribution in [0.3, 0.4) is 0 Å². The first-order valence-electron chi connectivity index (χ1n) is 5.96. The smallest absolute Gasteiger partial charge is 0.149 e. The maximum absolute atomic E-state index is 9.32. The average molecular weight is 325 g/mol. The SMILES string of the molecule is N#C/C(=C\c1cccc(Br)n1)c1nc2ccccc2[nH]1.